The van der Waals surface area contributed by atoms with Crippen LogP contribution in [0.3, 0.4) is 0 Å². The van der Waals surface area contributed by atoms with Crippen molar-refractivity contribution < 1.29 is 28.2 Å². The average molecular weight is 259 g/mol. The molecule has 7 heteroatoms. The van der Waals surface area contributed by atoms with E-state index in [-0.39, 0.29) is 24.3 Å². The molecular formula is C11H11F2NO4. The van der Waals surface area contributed by atoms with Crippen LogP contribution in [0.2, 0.25) is 0 Å². The number of carboxylic acid groups (broad SMARTS) is 1. The maximum atomic E-state index is 12.9. The van der Waals surface area contributed by atoms with E-state index in [1.165, 1.54) is 18.2 Å². The van der Waals surface area contributed by atoms with Crippen molar-refractivity contribution in [1.82, 2.24) is 0 Å². The maximum absolute atomic E-state index is 12.9. The molecule has 0 aromatic heterocycles. The lowest BCUT2D eigenvalue weighted by molar-refractivity contribution is -0.287. The summed E-state index contributed by atoms with van der Waals surface area (Å²) in [6.45, 7) is 0. The van der Waals surface area contributed by atoms with Gasteiger partial charge in [0.05, 0.1) is 0 Å². The first-order chi connectivity index (χ1) is 8.39. The van der Waals surface area contributed by atoms with Gasteiger partial charge in [-0.15, -0.1) is 8.78 Å². The van der Waals surface area contributed by atoms with Gasteiger partial charge in [0.15, 0.2) is 11.5 Å². The Bertz CT molecular complexity index is 478. The minimum atomic E-state index is -3.70. The highest BCUT2D eigenvalue weighted by molar-refractivity contribution is 5.66. The van der Waals surface area contributed by atoms with Crippen LogP contribution in [-0.4, -0.2) is 17.4 Å². The molecule has 2 rings (SSSR count). The van der Waals surface area contributed by atoms with E-state index in [1.807, 2.05) is 0 Å². The van der Waals surface area contributed by atoms with Crippen LogP contribution in [0.5, 0.6) is 11.5 Å². The predicted molar refractivity (Wildman–Crippen MR) is 56.4 cm³/mol. The van der Waals surface area contributed by atoms with E-state index < -0.39 is 18.3 Å². The molecule has 18 heavy (non-hydrogen) atoms. The first-order valence-electron chi connectivity index (χ1n) is 5.25. The molecule has 1 heterocycles. The van der Waals surface area contributed by atoms with Gasteiger partial charge in [0.1, 0.15) is 0 Å². The number of alkyl halides is 2. The van der Waals surface area contributed by atoms with Gasteiger partial charge in [-0.25, -0.2) is 0 Å². The van der Waals surface area contributed by atoms with Crippen LogP contribution in [0.15, 0.2) is 18.2 Å². The molecule has 0 spiro atoms. The topological polar surface area (TPSA) is 81.8 Å². The van der Waals surface area contributed by atoms with Gasteiger partial charge >= 0.3 is 12.3 Å². The SMILES string of the molecule is NC(CCC(=O)O)c1cccc2c1OC(F)(F)O2. The third-order valence-corrected chi connectivity index (χ3v) is 2.53. The number of hydrogen-bond acceptors (Lipinski definition) is 4. The van der Waals surface area contributed by atoms with Crippen LogP contribution < -0.4 is 15.2 Å². The molecule has 3 N–H and O–H groups in total. The highest BCUT2D eigenvalue weighted by Gasteiger charge is 2.44. The van der Waals surface area contributed by atoms with Crippen molar-refractivity contribution in [3.63, 3.8) is 0 Å². The third kappa shape index (κ3) is 2.51. The molecule has 5 nitrogen and oxygen atoms in total. The van der Waals surface area contributed by atoms with Crippen LogP contribution in [-0.2, 0) is 4.79 Å². The molecule has 1 aliphatic heterocycles. The van der Waals surface area contributed by atoms with Crippen molar-refractivity contribution in [2.24, 2.45) is 5.73 Å². The minimum Gasteiger partial charge on any atom is -0.481 e. The fourth-order valence-electron chi connectivity index (χ4n) is 1.72. The zero-order valence-electron chi connectivity index (χ0n) is 9.23. The first kappa shape index (κ1) is 12.6. The highest BCUT2D eigenvalue weighted by Crippen LogP contribution is 2.45. The Morgan fingerprint density at radius 2 is 2.17 bits per heavy atom. The van der Waals surface area contributed by atoms with E-state index in [1.54, 1.807) is 0 Å². The van der Waals surface area contributed by atoms with Crippen molar-refractivity contribution in [3.05, 3.63) is 23.8 Å². The zero-order valence-corrected chi connectivity index (χ0v) is 9.23. The Labute approximate surface area is 101 Å². The minimum absolute atomic E-state index is 0.0942. The second-order valence-electron chi connectivity index (χ2n) is 3.88. The van der Waals surface area contributed by atoms with Gasteiger partial charge < -0.3 is 20.3 Å². The van der Waals surface area contributed by atoms with E-state index in [2.05, 4.69) is 9.47 Å². The summed E-state index contributed by atoms with van der Waals surface area (Å²) in [7, 11) is 0. The summed E-state index contributed by atoms with van der Waals surface area (Å²) in [4.78, 5) is 10.4. The van der Waals surface area contributed by atoms with Gasteiger partial charge in [-0.05, 0) is 12.5 Å². The highest BCUT2D eigenvalue weighted by atomic mass is 19.3. The second-order valence-corrected chi connectivity index (χ2v) is 3.88. The molecule has 1 aliphatic rings. The molecule has 0 saturated carbocycles. The molecule has 0 saturated heterocycles. The third-order valence-electron chi connectivity index (χ3n) is 2.53. The monoisotopic (exact) mass is 259 g/mol. The normalized spacial score (nSPS) is 17.5. The van der Waals surface area contributed by atoms with Gasteiger partial charge in [-0.2, -0.15) is 0 Å². The number of para-hydroxylation sites is 1. The number of benzene rings is 1. The van der Waals surface area contributed by atoms with E-state index in [4.69, 9.17) is 10.8 Å². The number of ether oxygens (including phenoxy) is 2. The van der Waals surface area contributed by atoms with E-state index in [9.17, 15) is 13.6 Å². The molecular weight excluding hydrogens is 248 g/mol. The number of halogens is 2. The Morgan fingerprint density at radius 1 is 1.44 bits per heavy atom. The van der Waals surface area contributed by atoms with Crippen molar-refractivity contribution in [1.29, 1.82) is 0 Å². The molecule has 1 unspecified atom stereocenters. The molecule has 0 radical (unpaired) electrons. The Morgan fingerprint density at radius 3 is 2.83 bits per heavy atom. The van der Waals surface area contributed by atoms with Crippen LogP contribution in [0, 0.1) is 0 Å². The summed E-state index contributed by atoms with van der Waals surface area (Å²) in [5.41, 5.74) is 6.07. The van der Waals surface area contributed by atoms with Gasteiger partial charge in [-0.3, -0.25) is 4.79 Å². The fourth-order valence-corrected chi connectivity index (χ4v) is 1.72. The lowest BCUT2D eigenvalue weighted by Crippen LogP contribution is -2.26. The molecule has 1 atom stereocenters. The molecule has 0 fully saturated rings. The lowest BCUT2D eigenvalue weighted by atomic mass is 10.0. The fraction of sp³-hybridized carbons (Fsp3) is 0.364. The van der Waals surface area contributed by atoms with Crippen molar-refractivity contribution >= 4 is 5.97 Å². The summed E-state index contributed by atoms with van der Waals surface area (Å²) in [5, 5.41) is 8.55. The number of carbonyl (C=O) groups is 1. The quantitative estimate of drug-likeness (QED) is 0.862. The predicted octanol–water partition coefficient (Wildman–Crippen LogP) is 1.87. The lowest BCUT2D eigenvalue weighted by Gasteiger charge is -2.13. The van der Waals surface area contributed by atoms with Crippen molar-refractivity contribution in [2.75, 3.05) is 0 Å². The largest absolute Gasteiger partial charge is 0.586 e. The van der Waals surface area contributed by atoms with Crippen LogP contribution in [0.4, 0.5) is 8.78 Å². The number of nitrogens with two attached hydrogens (primary N) is 1. The second kappa shape index (κ2) is 4.41. The number of rotatable bonds is 4. The van der Waals surface area contributed by atoms with E-state index >= 15 is 0 Å². The molecule has 0 aliphatic carbocycles. The Hall–Kier alpha value is -1.89. The molecule has 98 valence electrons. The van der Waals surface area contributed by atoms with Crippen molar-refractivity contribution in [2.45, 2.75) is 25.2 Å². The average Bonchev–Trinajstić information content (AvgIpc) is 2.59. The summed E-state index contributed by atoms with van der Waals surface area (Å²) in [6.07, 6.45) is -3.73. The molecule has 1 aromatic carbocycles. The van der Waals surface area contributed by atoms with Crippen molar-refractivity contribution in [3.8, 4) is 11.5 Å². The summed E-state index contributed by atoms with van der Waals surface area (Å²) in [5.74, 6) is -1.22. The van der Waals surface area contributed by atoms with Gasteiger partial charge in [0, 0.05) is 18.0 Å². The van der Waals surface area contributed by atoms with Gasteiger partial charge in [-0.1, -0.05) is 12.1 Å². The Balaban J connectivity index is 2.21. The zero-order chi connectivity index (χ0) is 13.3. The van der Waals surface area contributed by atoms with Crippen LogP contribution in [0.25, 0.3) is 0 Å². The standard InChI is InChI=1S/C11H11F2NO4/c12-11(13)17-8-3-1-2-6(10(8)18-11)7(14)4-5-9(15)16/h1-3,7H,4-5,14H2,(H,15,16). The van der Waals surface area contributed by atoms with Crippen LogP contribution >= 0.6 is 0 Å². The summed E-state index contributed by atoms with van der Waals surface area (Å²) >= 11 is 0. The van der Waals surface area contributed by atoms with Gasteiger partial charge in [0.2, 0.25) is 0 Å². The number of fused-ring (bicyclic) bond motifs is 1. The number of aliphatic carboxylic acids is 1. The number of carboxylic acids is 1. The molecule has 0 bridgehead atoms. The summed E-state index contributed by atoms with van der Waals surface area (Å²) in [6, 6.07) is 3.65. The maximum Gasteiger partial charge on any atom is 0.586 e. The number of hydrogen-bond donors (Lipinski definition) is 2. The summed E-state index contributed by atoms with van der Waals surface area (Å²) < 4.78 is 34.5. The van der Waals surface area contributed by atoms with Crippen LogP contribution in [0.1, 0.15) is 24.4 Å². The molecule has 0 amide bonds. The Kier molecular flexibility index (Phi) is 3.08. The van der Waals surface area contributed by atoms with E-state index in [0.717, 1.165) is 0 Å². The van der Waals surface area contributed by atoms with E-state index in [0.29, 0.717) is 5.56 Å². The smallest absolute Gasteiger partial charge is 0.481 e. The molecule has 1 aromatic rings. The first-order valence-corrected chi connectivity index (χ1v) is 5.25. The van der Waals surface area contributed by atoms with Gasteiger partial charge in [0.25, 0.3) is 0 Å².